The number of amides is 1. The molecule has 3 rings (SSSR count). The van der Waals surface area contributed by atoms with Gasteiger partial charge in [0, 0.05) is 19.1 Å². The molecular weight excluding hydrogens is 437 g/mol. The smallest absolute Gasteiger partial charge is 0.444 e. The van der Waals surface area contributed by atoms with E-state index in [2.05, 4.69) is 9.46 Å². The van der Waals surface area contributed by atoms with Crippen molar-refractivity contribution in [3.8, 4) is 5.75 Å². The molecule has 1 N–H and O–H groups in total. The standard InChI is InChI=1S/C20H27F3N2O5S/c1-19(2,3)30-18(26)25-10-8-13(9-11-25)16-12-17(16)24-31(27,28)15-6-4-14(5-7-15)29-20(21,22)23/h4-7,13,16-17,24H,8-12H2,1-3H3/t16-,17-/m1/s1. The number of carbonyl (C=O) groups excluding carboxylic acids is 1. The fourth-order valence-electron chi connectivity index (χ4n) is 3.80. The minimum atomic E-state index is -4.83. The van der Waals surface area contributed by atoms with Crippen molar-refractivity contribution in [2.24, 2.45) is 11.8 Å². The number of rotatable bonds is 5. The van der Waals surface area contributed by atoms with Crippen LogP contribution in [0.25, 0.3) is 0 Å². The number of nitrogens with zero attached hydrogens (tertiary/aromatic N) is 1. The summed E-state index contributed by atoms with van der Waals surface area (Å²) in [6.07, 6.45) is -2.93. The zero-order chi connectivity index (χ0) is 23.0. The zero-order valence-electron chi connectivity index (χ0n) is 17.6. The topological polar surface area (TPSA) is 84.9 Å². The van der Waals surface area contributed by atoms with Crippen molar-refractivity contribution in [2.45, 2.75) is 62.9 Å². The minimum absolute atomic E-state index is 0.118. The number of sulfonamides is 1. The second-order valence-electron chi connectivity index (χ2n) is 8.95. The van der Waals surface area contributed by atoms with Crippen LogP contribution in [0.5, 0.6) is 5.75 Å². The van der Waals surface area contributed by atoms with Gasteiger partial charge < -0.3 is 14.4 Å². The summed E-state index contributed by atoms with van der Waals surface area (Å²) >= 11 is 0. The maximum Gasteiger partial charge on any atom is 0.573 e. The highest BCUT2D eigenvalue weighted by atomic mass is 32.2. The Balaban J connectivity index is 1.49. The van der Waals surface area contributed by atoms with Crippen LogP contribution in [-0.4, -0.2) is 50.5 Å². The Bertz CT molecular complexity index is 889. The van der Waals surface area contributed by atoms with Crippen LogP contribution < -0.4 is 9.46 Å². The first-order chi connectivity index (χ1) is 14.2. The van der Waals surface area contributed by atoms with Gasteiger partial charge in [0.15, 0.2) is 0 Å². The van der Waals surface area contributed by atoms with Crippen molar-refractivity contribution < 1.29 is 35.9 Å². The third-order valence-corrected chi connectivity index (χ3v) is 6.82. The molecule has 2 aliphatic rings. The fraction of sp³-hybridized carbons (Fsp3) is 0.650. The van der Waals surface area contributed by atoms with Gasteiger partial charge in [-0.2, -0.15) is 0 Å². The highest BCUT2D eigenvalue weighted by molar-refractivity contribution is 7.89. The quantitative estimate of drug-likeness (QED) is 0.715. The van der Waals surface area contributed by atoms with Crippen LogP contribution in [0.4, 0.5) is 18.0 Å². The van der Waals surface area contributed by atoms with Gasteiger partial charge in [-0.1, -0.05) is 0 Å². The summed E-state index contributed by atoms with van der Waals surface area (Å²) in [5.74, 6) is 0.00448. The molecule has 2 fully saturated rings. The summed E-state index contributed by atoms with van der Waals surface area (Å²) in [5.41, 5.74) is -0.551. The lowest BCUT2D eigenvalue weighted by atomic mass is 9.92. The van der Waals surface area contributed by atoms with Gasteiger partial charge in [-0.15, -0.1) is 13.2 Å². The Labute approximate surface area is 179 Å². The Kier molecular flexibility index (Phi) is 6.48. The van der Waals surface area contributed by atoms with Crippen molar-refractivity contribution >= 4 is 16.1 Å². The average molecular weight is 465 g/mol. The Morgan fingerprint density at radius 2 is 1.68 bits per heavy atom. The maximum atomic E-state index is 12.5. The number of benzene rings is 1. The van der Waals surface area contributed by atoms with Crippen molar-refractivity contribution in [3.05, 3.63) is 24.3 Å². The number of hydrogen-bond acceptors (Lipinski definition) is 5. The van der Waals surface area contributed by atoms with Crippen LogP contribution >= 0.6 is 0 Å². The first-order valence-electron chi connectivity index (χ1n) is 10.1. The zero-order valence-corrected chi connectivity index (χ0v) is 18.4. The van der Waals surface area contributed by atoms with E-state index >= 15 is 0 Å². The molecule has 0 aromatic heterocycles. The number of alkyl halides is 3. The van der Waals surface area contributed by atoms with E-state index in [-0.39, 0.29) is 22.9 Å². The SMILES string of the molecule is CC(C)(C)OC(=O)N1CCC([C@H]2C[C@H]2NS(=O)(=O)c2ccc(OC(F)(F)F)cc2)CC1. The van der Waals surface area contributed by atoms with Crippen LogP contribution in [0.15, 0.2) is 29.2 Å². The van der Waals surface area contributed by atoms with Crippen molar-refractivity contribution in [1.82, 2.24) is 9.62 Å². The molecule has 0 unspecified atom stereocenters. The highest BCUT2D eigenvalue weighted by Crippen LogP contribution is 2.43. The van der Waals surface area contributed by atoms with Crippen molar-refractivity contribution in [2.75, 3.05) is 13.1 Å². The third kappa shape index (κ3) is 6.73. The maximum absolute atomic E-state index is 12.5. The third-order valence-electron chi connectivity index (χ3n) is 5.31. The lowest BCUT2D eigenvalue weighted by Crippen LogP contribution is -2.42. The molecule has 0 spiro atoms. The molecule has 1 aliphatic carbocycles. The van der Waals surface area contributed by atoms with E-state index in [1.54, 1.807) is 4.90 Å². The highest BCUT2D eigenvalue weighted by Gasteiger charge is 2.46. The van der Waals surface area contributed by atoms with E-state index in [0.29, 0.717) is 25.4 Å². The van der Waals surface area contributed by atoms with E-state index in [0.717, 1.165) is 37.1 Å². The van der Waals surface area contributed by atoms with Crippen molar-refractivity contribution in [1.29, 1.82) is 0 Å². The predicted octanol–water partition coefficient (Wildman–Crippen LogP) is 3.90. The Morgan fingerprint density at radius 3 is 2.19 bits per heavy atom. The molecule has 11 heteroatoms. The Morgan fingerprint density at radius 1 is 1.10 bits per heavy atom. The number of piperidine rings is 1. The molecule has 7 nitrogen and oxygen atoms in total. The molecule has 1 heterocycles. The van der Waals surface area contributed by atoms with Gasteiger partial charge in [-0.25, -0.2) is 17.9 Å². The van der Waals surface area contributed by atoms with Gasteiger partial charge in [0.2, 0.25) is 10.0 Å². The van der Waals surface area contributed by atoms with Crippen LogP contribution in [0, 0.1) is 11.8 Å². The van der Waals surface area contributed by atoms with Crippen molar-refractivity contribution in [3.63, 3.8) is 0 Å². The normalized spacial score (nSPS) is 22.8. The number of halogens is 3. The molecule has 0 bridgehead atoms. The van der Waals surface area contributed by atoms with Gasteiger partial charge in [0.1, 0.15) is 11.4 Å². The second kappa shape index (κ2) is 8.50. The molecule has 1 aromatic rings. The molecule has 1 saturated heterocycles. The van der Waals surface area contributed by atoms with Crippen LogP contribution in [0.1, 0.15) is 40.0 Å². The first-order valence-corrected chi connectivity index (χ1v) is 11.6. The van der Waals surface area contributed by atoms with Gasteiger partial charge in [-0.05, 0) is 76.1 Å². The van der Waals surface area contributed by atoms with E-state index < -0.39 is 27.7 Å². The molecule has 1 amide bonds. The molecule has 1 aromatic carbocycles. The predicted molar refractivity (Wildman–Crippen MR) is 106 cm³/mol. The number of hydrogen-bond donors (Lipinski definition) is 1. The average Bonchev–Trinajstić information content (AvgIpc) is 3.38. The molecule has 2 atom stereocenters. The van der Waals surface area contributed by atoms with Gasteiger partial charge >= 0.3 is 12.5 Å². The van der Waals surface area contributed by atoms with Crippen LogP contribution in [0.2, 0.25) is 0 Å². The summed E-state index contributed by atoms with van der Waals surface area (Å²) < 4.78 is 73.6. The molecule has 31 heavy (non-hydrogen) atoms. The number of carbonyl (C=O) groups is 1. The van der Waals surface area contributed by atoms with E-state index in [9.17, 15) is 26.4 Å². The molecular formula is C20H27F3N2O5S. The number of ether oxygens (including phenoxy) is 2. The summed E-state index contributed by atoms with van der Waals surface area (Å²) in [6.45, 7) is 6.58. The van der Waals surface area contributed by atoms with Crippen LogP contribution in [-0.2, 0) is 14.8 Å². The number of nitrogens with one attached hydrogen (secondary N) is 1. The molecule has 1 aliphatic heterocycles. The lowest BCUT2D eigenvalue weighted by Gasteiger charge is -2.33. The minimum Gasteiger partial charge on any atom is -0.444 e. The lowest BCUT2D eigenvalue weighted by molar-refractivity contribution is -0.274. The number of likely N-dealkylation sites (tertiary alicyclic amines) is 1. The summed E-state index contributed by atoms with van der Waals surface area (Å²) in [4.78, 5) is 13.7. The second-order valence-corrected chi connectivity index (χ2v) is 10.7. The molecule has 174 valence electrons. The van der Waals surface area contributed by atoms with Crippen LogP contribution in [0.3, 0.4) is 0 Å². The summed E-state index contributed by atoms with van der Waals surface area (Å²) in [5, 5.41) is 0. The largest absolute Gasteiger partial charge is 0.573 e. The van der Waals surface area contributed by atoms with E-state index in [4.69, 9.17) is 4.74 Å². The van der Waals surface area contributed by atoms with Gasteiger partial charge in [-0.3, -0.25) is 0 Å². The fourth-order valence-corrected chi connectivity index (χ4v) is 5.10. The van der Waals surface area contributed by atoms with Gasteiger partial charge in [0.25, 0.3) is 0 Å². The summed E-state index contributed by atoms with van der Waals surface area (Å²) in [7, 11) is -3.84. The molecule has 0 radical (unpaired) electrons. The monoisotopic (exact) mass is 464 g/mol. The van der Waals surface area contributed by atoms with Gasteiger partial charge in [0.05, 0.1) is 4.90 Å². The summed E-state index contributed by atoms with van der Waals surface area (Å²) in [6, 6.07) is 3.90. The first kappa shape index (κ1) is 23.6. The Hall–Kier alpha value is -2.01. The van der Waals surface area contributed by atoms with E-state index in [1.165, 1.54) is 0 Å². The van der Waals surface area contributed by atoms with E-state index in [1.807, 2.05) is 20.8 Å². The molecule has 1 saturated carbocycles.